The van der Waals surface area contributed by atoms with Crippen LogP contribution in [0, 0.1) is 0 Å². The van der Waals surface area contributed by atoms with Crippen molar-refractivity contribution < 1.29 is 13.2 Å². The highest BCUT2D eigenvalue weighted by Gasteiger charge is 2.29. The molecule has 0 saturated carbocycles. The van der Waals surface area contributed by atoms with Crippen molar-refractivity contribution >= 4 is 34.3 Å². The zero-order chi connectivity index (χ0) is 20.6. The maximum atomic E-state index is 12.7. The molecule has 1 N–H and O–H groups in total. The summed E-state index contributed by atoms with van der Waals surface area (Å²) >= 11 is 6.08. The van der Waals surface area contributed by atoms with Crippen LogP contribution in [0.1, 0.15) is 18.3 Å². The summed E-state index contributed by atoms with van der Waals surface area (Å²) in [6, 6.07) is 6.43. The van der Waals surface area contributed by atoms with Crippen LogP contribution in [0.4, 0.5) is 24.7 Å². The van der Waals surface area contributed by atoms with E-state index < -0.39 is 11.7 Å². The molecule has 6 nitrogen and oxygen atoms in total. The van der Waals surface area contributed by atoms with E-state index in [0.717, 1.165) is 18.0 Å². The average molecular weight is 419 g/mol. The number of pyridine rings is 1. The Bertz CT molecular complexity index is 1170. The van der Waals surface area contributed by atoms with Gasteiger partial charge in [-0.3, -0.25) is 9.55 Å². The number of alkyl halides is 3. The highest BCUT2D eigenvalue weighted by Crippen LogP contribution is 2.30. The lowest BCUT2D eigenvalue weighted by Crippen LogP contribution is -2.06. The molecule has 148 valence electrons. The van der Waals surface area contributed by atoms with Gasteiger partial charge in [0.05, 0.1) is 28.5 Å². The number of anilines is 2. The Kier molecular flexibility index (Phi) is 4.83. The molecule has 1 aromatic carbocycles. The van der Waals surface area contributed by atoms with E-state index in [1.807, 2.05) is 6.92 Å². The molecule has 0 amide bonds. The fourth-order valence-corrected chi connectivity index (χ4v) is 3.04. The molecule has 0 atom stereocenters. The van der Waals surface area contributed by atoms with E-state index in [1.165, 1.54) is 24.5 Å². The number of aryl methyl sites for hydroxylation is 1. The molecule has 0 saturated heterocycles. The fourth-order valence-electron chi connectivity index (χ4n) is 2.89. The molecule has 4 rings (SSSR count). The van der Waals surface area contributed by atoms with Crippen LogP contribution in [0.2, 0.25) is 5.02 Å². The fraction of sp³-hybridized carbons (Fsp3) is 0.158. The molecule has 0 spiro atoms. The van der Waals surface area contributed by atoms with Crippen LogP contribution in [0.25, 0.3) is 17.0 Å². The van der Waals surface area contributed by atoms with Crippen LogP contribution in [-0.4, -0.2) is 24.5 Å². The lowest BCUT2D eigenvalue weighted by atomic mass is 10.2. The van der Waals surface area contributed by atoms with E-state index in [0.29, 0.717) is 39.9 Å². The van der Waals surface area contributed by atoms with Gasteiger partial charge >= 0.3 is 6.18 Å². The van der Waals surface area contributed by atoms with Crippen LogP contribution in [0.15, 0.2) is 48.9 Å². The molecule has 0 aliphatic heterocycles. The van der Waals surface area contributed by atoms with E-state index in [4.69, 9.17) is 11.6 Å². The molecule has 3 heterocycles. The Morgan fingerprint density at radius 3 is 2.52 bits per heavy atom. The van der Waals surface area contributed by atoms with E-state index in [1.54, 1.807) is 16.8 Å². The predicted molar refractivity (Wildman–Crippen MR) is 104 cm³/mol. The largest absolute Gasteiger partial charge is 0.416 e. The third-order valence-electron chi connectivity index (χ3n) is 4.20. The van der Waals surface area contributed by atoms with E-state index in [9.17, 15) is 13.2 Å². The van der Waals surface area contributed by atoms with Crippen molar-refractivity contribution in [2.24, 2.45) is 0 Å². The highest BCUT2D eigenvalue weighted by molar-refractivity contribution is 6.31. The van der Waals surface area contributed by atoms with Crippen molar-refractivity contribution in [3.05, 3.63) is 65.3 Å². The van der Waals surface area contributed by atoms with Gasteiger partial charge in [-0.15, -0.1) is 0 Å². The van der Waals surface area contributed by atoms with Gasteiger partial charge in [-0.25, -0.2) is 15.0 Å². The first-order valence-electron chi connectivity index (χ1n) is 8.64. The summed E-state index contributed by atoms with van der Waals surface area (Å²) < 4.78 is 40.0. The lowest BCUT2D eigenvalue weighted by Gasteiger charge is -2.11. The number of rotatable bonds is 4. The number of halogens is 4. The molecular weight excluding hydrogens is 405 g/mol. The van der Waals surface area contributed by atoms with Gasteiger partial charge in [-0.2, -0.15) is 13.2 Å². The Balaban J connectivity index is 1.70. The molecule has 10 heteroatoms. The summed E-state index contributed by atoms with van der Waals surface area (Å²) in [7, 11) is 0. The van der Waals surface area contributed by atoms with Gasteiger partial charge in [0, 0.05) is 18.3 Å². The van der Waals surface area contributed by atoms with Crippen molar-refractivity contribution in [1.29, 1.82) is 0 Å². The number of nitrogens with zero attached hydrogens (tertiary/aromatic N) is 5. The van der Waals surface area contributed by atoms with E-state index in [-0.39, 0.29) is 0 Å². The predicted octanol–water partition coefficient (Wildman–Crippen LogP) is 5.19. The first-order chi connectivity index (χ1) is 13.8. The summed E-state index contributed by atoms with van der Waals surface area (Å²) in [6.45, 7) is 1.96. The van der Waals surface area contributed by atoms with Gasteiger partial charge in [0.2, 0.25) is 0 Å². The second-order valence-corrected chi connectivity index (χ2v) is 6.61. The quantitative estimate of drug-likeness (QED) is 0.494. The highest BCUT2D eigenvalue weighted by atomic mass is 35.5. The molecule has 0 bridgehead atoms. The average Bonchev–Trinajstić information content (AvgIpc) is 3.05. The van der Waals surface area contributed by atoms with Gasteiger partial charge in [-0.1, -0.05) is 18.5 Å². The molecule has 4 aromatic rings. The SMILES string of the molecule is CCc1nc2ncc(Cl)cc2n1-c1cncc(Nc2ccc(C(F)(F)F)cc2)n1. The Morgan fingerprint density at radius 2 is 1.83 bits per heavy atom. The third kappa shape index (κ3) is 3.86. The number of hydrogen-bond acceptors (Lipinski definition) is 5. The number of nitrogens with one attached hydrogen (secondary N) is 1. The summed E-state index contributed by atoms with van der Waals surface area (Å²) in [6.07, 6.45) is 0.823. The maximum Gasteiger partial charge on any atom is 0.416 e. The monoisotopic (exact) mass is 418 g/mol. The van der Waals surface area contributed by atoms with Crippen molar-refractivity contribution in [2.75, 3.05) is 5.32 Å². The molecule has 29 heavy (non-hydrogen) atoms. The smallest absolute Gasteiger partial charge is 0.339 e. The molecule has 0 fully saturated rings. The molecule has 3 aromatic heterocycles. The topological polar surface area (TPSA) is 68.5 Å². The van der Waals surface area contributed by atoms with Crippen molar-refractivity contribution in [1.82, 2.24) is 24.5 Å². The van der Waals surface area contributed by atoms with Gasteiger partial charge in [0.1, 0.15) is 5.82 Å². The summed E-state index contributed by atoms with van der Waals surface area (Å²) in [5.41, 5.74) is 0.967. The number of hydrogen-bond donors (Lipinski definition) is 1. The van der Waals surface area contributed by atoms with Crippen LogP contribution in [-0.2, 0) is 12.6 Å². The van der Waals surface area contributed by atoms with Crippen LogP contribution in [0.5, 0.6) is 0 Å². The third-order valence-corrected chi connectivity index (χ3v) is 4.41. The minimum atomic E-state index is -4.38. The van der Waals surface area contributed by atoms with Gasteiger partial charge in [0.25, 0.3) is 0 Å². The standard InChI is InChI=1S/C19H14ClF3N6/c1-2-16-28-18-14(7-12(20)8-25-18)29(16)17-10-24-9-15(27-17)26-13-5-3-11(4-6-13)19(21,22)23/h3-10H,2H2,1H3,(H,26,27). The van der Waals surface area contributed by atoms with Gasteiger partial charge < -0.3 is 5.32 Å². The van der Waals surface area contributed by atoms with Gasteiger partial charge in [0.15, 0.2) is 17.3 Å². The van der Waals surface area contributed by atoms with E-state index in [2.05, 4.69) is 25.3 Å². The van der Waals surface area contributed by atoms with Crippen LogP contribution < -0.4 is 5.32 Å². The zero-order valence-corrected chi connectivity index (χ0v) is 15.8. The number of benzene rings is 1. The molecule has 0 aliphatic carbocycles. The summed E-state index contributed by atoms with van der Waals surface area (Å²) in [5, 5.41) is 3.43. The summed E-state index contributed by atoms with van der Waals surface area (Å²) in [5.74, 6) is 1.60. The molecule has 0 aliphatic rings. The first kappa shape index (κ1) is 19.1. The number of fused-ring (bicyclic) bond motifs is 1. The molecule has 0 unspecified atom stereocenters. The Hall–Kier alpha value is -3.20. The first-order valence-corrected chi connectivity index (χ1v) is 9.02. The van der Waals surface area contributed by atoms with Gasteiger partial charge in [-0.05, 0) is 30.3 Å². The number of imidazole rings is 1. The van der Waals surface area contributed by atoms with Crippen molar-refractivity contribution in [2.45, 2.75) is 19.5 Å². The minimum absolute atomic E-state index is 0.376. The second kappa shape index (κ2) is 7.32. The zero-order valence-electron chi connectivity index (χ0n) is 15.1. The molecule has 0 radical (unpaired) electrons. The second-order valence-electron chi connectivity index (χ2n) is 6.18. The minimum Gasteiger partial charge on any atom is -0.339 e. The van der Waals surface area contributed by atoms with Crippen molar-refractivity contribution in [3.8, 4) is 5.82 Å². The molecular formula is C19H14ClF3N6. The normalized spacial score (nSPS) is 11.8. The Morgan fingerprint density at radius 1 is 1.07 bits per heavy atom. The Labute approximate surface area is 168 Å². The van der Waals surface area contributed by atoms with E-state index >= 15 is 0 Å². The number of aromatic nitrogens is 5. The van der Waals surface area contributed by atoms with Crippen molar-refractivity contribution in [3.63, 3.8) is 0 Å². The van der Waals surface area contributed by atoms with Crippen LogP contribution in [0.3, 0.4) is 0 Å². The maximum absolute atomic E-state index is 12.7. The lowest BCUT2D eigenvalue weighted by molar-refractivity contribution is -0.137. The summed E-state index contributed by atoms with van der Waals surface area (Å²) in [4.78, 5) is 17.4. The van der Waals surface area contributed by atoms with Crippen LogP contribution >= 0.6 is 11.6 Å².